The molecule has 0 bridgehead atoms. The van der Waals surface area contributed by atoms with Crippen molar-refractivity contribution in [1.29, 1.82) is 0 Å². The normalized spacial score (nSPS) is 23.3. The summed E-state index contributed by atoms with van der Waals surface area (Å²) in [5, 5.41) is 0. The first kappa shape index (κ1) is 18.3. The van der Waals surface area contributed by atoms with Crippen LogP contribution >= 0.6 is 12.4 Å². The molecule has 1 saturated heterocycles. The van der Waals surface area contributed by atoms with E-state index >= 15 is 0 Å². The quantitative estimate of drug-likeness (QED) is 0.910. The molecular formula is C19H29ClN2O. The molecule has 1 aromatic rings. The molecule has 1 heterocycles. The van der Waals surface area contributed by atoms with Gasteiger partial charge in [0.05, 0.1) is 0 Å². The van der Waals surface area contributed by atoms with Crippen LogP contribution in [0.25, 0.3) is 0 Å². The lowest BCUT2D eigenvalue weighted by atomic mass is 9.71. The number of benzene rings is 1. The maximum atomic E-state index is 12.7. The lowest BCUT2D eigenvalue weighted by molar-refractivity contribution is -0.133. The van der Waals surface area contributed by atoms with Crippen LogP contribution < -0.4 is 5.73 Å². The Hall–Kier alpha value is -1.06. The van der Waals surface area contributed by atoms with Crippen molar-refractivity contribution < 1.29 is 4.79 Å². The number of nitrogens with zero attached hydrogens (tertiary/aromatic N) is 1. The molecule has 23 heavy (non-hydrogen) atoms. The van der Waals surface area contributed by atoms with Crippen LogP contribution in [0, 0.1) is 5.41 Å². The Morgan fingerprint density at radius 3 is 2.52 bits per heavy atom. The number of rotatable bonds is 4. The van der Waals surface area contributed by atoms with Gasteiger partial charge in [-0.05, 0) is 36.8 Å². The van der Waals surface area contributed by atoms with Gasteiger partial charge in [-0.15, -0.1) is 12.4 Å². The van der Waals surface area contributed by atoms with Gasteiger partial charge < -0.3 is 10.6 Å². The van der Waals surface area contributed by atoms with Crippen molar-refractivity contribution in [3.63, 3.8) is 0 Å². The van der Waals surface area contributed by atoms with E-state index in [1.54, 1.807) is 0 Å². The number of halogens is 1. The third-order valence-corrected chi connectivity index (χ3v) is 5.69. The van der Waals surface area contributed by atoms with E-state index in [0.717, 1.165) is 32.4 Å². The molecule has 1 aliphatic heterocycles. The van der Waals surface area contributed by atoms with E-state index in [9.17, 15) is 4.79 Å². The van der Waals surface area contributed by atoms with Gasteiger partial charge in [-0.25, -0.2) is 0 Å². The molecule has 2 aliphatic rings. The summed E-state index contributed by atoms with van der Waals surface area (Å²) < 4.78 is 0. The second kappa shape index (κ2) is 8.16. The number of hydrogen-bond donors (Lipinski definition) is 1. The Kier molecular flexibility index (Phi) is 6.49. The lowest BCUT2D eigenvalue weighted by Crippen LogP contribution is -2.39. The highest BCUT2D eigenvalue weighted by Gasteiger charge is 2.36. The van der Waals surface area contributed by atoms with Crippen molar-refractivity contribution in [2.45, 2.75) is 50.9 Å². The Labute approximate surface area is 146 Å². The number of carbonyl (C=O) groups excluding carboxylic acids is 1. The molecule has 1 atom stereocenters. The van der Waals surface area contributed by atoms with Gasteiger partial charge in [0.15, 0.2) is 0 Å². The summed E-state index contributed by atoms with van der Waals surface area (Å²) in [4.78, 5) is 14.8. The minimum Gasteiger partial charge on any atom is -0.342 e. The monoisotopic (exact) mass is 336 g/mol. The van der Waals surface area contributed by atoms with Crippen LogP contribution in [0.4, 0.5) is 0 Å². The zero-order valence-electron chi connectivity index (χ0n) is 13.9. The highest BCUT2D eigenvalue weighted by molar-refractivity contribution is 5.85. The van der Waals surface area contributed by atoms with Crippen LogP contribution in [0.2, 0.25) is 0 Å². The Morgan fingerprint density at radius 1 is 1.17 bits per heavy atom. The molecule has 1 saturated carbocycles. The molecule has 1 aliphatic carbocycles. The van der Waals surface area contributed by atoms with Crippen molar-refractivity contribution in [1.82, 2.24) is 4.90 Å². The fourth-order valence-corrected chi connectivity index (χ4v) is 4.17. The van der Waals surface area contributed by atoms with Crippen LogP contribution in [0.3, 0.4) is 0 Å². The molecule has 3 nitrogen and oxygen atoms in total. The molecular weight excluding hydrogens is 308 g/mol. The molecule has 4 heteroatoms. The summed E-state index contributed by atoms with van der Waals surface area (Å²) in [7, 11) is 0. The zero-order chi connectivity index (χ0) is 15.4. The Bertz CT molecular complexity index is 499. The number of hydrogen-bond acceptors (Lipinski definition) is 2. The standard InChI is InChI=1S/C19H28N2O.ClH/c20-15-19(10-5-2-6-11-19)13-18(22)21-12-9-17(14-21)16-7-3-1-4-8-16;/h1,3-4,7-8,17H,2,5-6,9-15,20H2;1H. The van der Waals surface area contributed by atoms with Gasteiger partial charge in [0.25, 0.3) is 0 Å². The molecule has 3 rings (SSSR count). The molecule has 2 fully saturated rings. The average molecular weight is 337 g/mol. The summed E-state index contributed by atoms with van der Waals surface area (Å²) >= 11 is 0. The van der Waals surface area contributed by atoms with Gasteiger partial charge >= 0.3 is 0 Å². The second-order valence-corrected chi connectivity index (χ2v) is 7.18. The fraction of sp³-hybridized carbons (Fsp3) is 0.632. The molecule has 0 radical (unpaired) electrons. The second-order valence-electron chi connectivity index (χ2n) is 7.18. The number of amides is 1. The molecule has 1 aromatic carbocycles. The largest absolute Gasteiger partial charge is 0.342 e. The van der Waals surface area contributed by atoms with Gasteiger partial charge in [-0.3, -0.25) is 4.79 Å². The molecule has 1 unspecified atom stereocenters. The third kappa shape index (κ3) is 4.27. The number of carbonyl (C=O) groups is 1. The van der Waals surface area contributed by atoms with Gasteiger partial charge in [0.2, 0.25) is 5.91 Å². The van der Waals surface area contributed by atoms with Gasteiger partial charge in [0.1, 0.15) is 0 Å². The highest BCUT2D eigenvalue weighted by Crippen LogP contribution is 2.39. The summed E-state index contributed by atoms with van der Waals surface area (Å²) in [5.74, 6) is 0.830. The van der Waals surface area contributed by atoms with Crippen LogP contribution in [-0.4, -0.2) is 30.4 Å². The van der Waals surface area contributed by atoms with Gasteiger partial charge in [-0.1, -0.05) is 49.6 Å². The van der Waals surface area contributed by atoms with Crippen LogP contribution in [0.15, 0.2) is 30.3 Å². The van der Waals surface area contributed by atoms with E-state index < -0.39 is 0 Å². The SMILES string of the molecule is Cl.NCC1(CC(=O)N2CCC(c3ccccc3)C2)CCCCC1. The van der Waals surface area contributed by atoms with Crippen molar-refractivity contribution in [3.8, 4) is 0 Å². The van der Waals surface area contributed by atoms with Crippen LogP contribution in [0.5, 0.6) is 0 Å². The van der Waals surface area contributed by atoms with Gasteiger partial charge in [-0.2, -0.15) is 0 Å². The summed E-state index contributed by atoms with van der Waals surface area (Å²) in [5.41, 5.74) is 7.48. The predicted molar refractivity (Wildman–Crippen MR) is 96.8 cm³/mol. The minimum atomic E-state index is 0. The van der Waals surface area contributed by atoms with E-state index in [-0.39, 0.29) is 17.8 Å². The van der Waals surface area contributed by atoms with E-state index in [2.05, 4.69) is 35.2 Å². The summed E-state index contributed by atoms with van der Waals surface area (Å²) in [6.45, 7) is 2.44. The fourth-order valence-electron chi connectivity index (χ4n) is 4.17. The summed E-state index contributed by atoms with van der Waals surface area (Å²) in [6.07, 6.45) is 7.77. The first-order valence-electron chi connectivity index (χ1n) is 8.75. The smallest absolute Gasteiger partial charge is 0.223 e. The lowest BCUT2D eigenvalue weighted by Gasteiger charge is -2.36. The molecule has 128 valence electrons. The van der Waals surface area contributed by atoms with Gasteiger partial charge in [0, 0.05) is 25.4 Å². The molecule has 0 spiro atoms. The Balaban J connectivity index is 0.00000192. The van der Waals surface area contributed by atoms with Crippen molar-refractivity contribution in [3.05, 3.63) is 35.9 Å². The summed E-state index contributed by atoms with van der Waals surface area (Å²) in [6, 6.07) is 10.6. The van der Waals surface area contributed by atoms with Crippen LogP contribution in [0.1, 0.15) is 56.4 Å². The zero-order valence-corrected chi connectivity index (χ0v) is 14.7. The van der Waals surface area contributed by atoms with E-state index in [1.165, 1.54) is 24.8 Å². The van der Waals surface area contributed by atoms with Crippen LogP contribution in [-0.2, 0) is 4.79 Å². The maximum Gasteiger partial charge on any atom is 0.223 e. The highest BCUT2D eigenvalue weighted by atomic mass is 35.5. The first-order chi connectivity index (χ1) is 10.7. The number of nitrogens with two attached hydrogens (primary N) is 1. The van der Waals surface area contributed by atoms with Crippen molar-refractivity contribution in [2.24, 2.45) is 11.1 Å². The topological polar surface area (TPSA) is 46.3 Å². The molecule has 1 amide bonds. The minimum absolute atomic E-state index is 0. The average Bonchev–Trinajstić information content (AvgIpc) is 3.07. The third-order valence-electron chi connectivity index (χ3n) is 5.69. The first-order valence-corrected chi connectivity index (χ1v) is 8.75. The van der Waals surface area contributed by atoms with Crippen molar-refractivity contribution >= 4 is 18.3 Å². The van der Waals surface area contributed by atoms with E-state index in [4.69, 9.17) is 5.73 Å². The predicted octanol–water partition coefficient (Wildman–Crippen LogP) is 3.72. The van der Waals surface area contributed by atoms with Crippen molar-refractivity contribution in [2.75, 3.05) is 19.6 Å². The Morgan fingerprint density at radius 2 is 1.87 bits per heavy atom. The van der Waals surface area contributed by atoms with E-state index in [1.807, 2.05) is 0 Å². The van der Waals surface area contributed by atoms with E-state index in [0.29, 0.717) is 24.8 Å². The molecule has 0 aromatic heterocycles. The molecule has 2 N–H and O–H groups in total. The number of likely N-dealkylation sites (tertiary alicyclic amines) is 1. The maximum absolute atomic E-state index is 12.7.